The van der Waals surface area contributed by atoms with Crippen LogP contribution in [0.4, 0.5) is 4.79 Å². The van der Waals surface area contributed by atoms with E-state index in [0.29, 0.717) is 23.8 Å². The molecule has 0 unspecified atom stereocenters. The highest BCUT2D eigenvalue weighted by Gasteiger charge is 2.19. The van der Waals surface area contributed by atoms with Gasteiger partial charge in [-0.3, -0.25) is 14.9 Å². The van der Waals surface area contributed by atoms with Gasteiger partial charge in [-0.05, 0) is 51.5 Å². The Hall–Kier alpha value is -2.08. The topological polar surface area (TPSA) is 81.7 Å². The Morgan fingerprint density at radius 1 is 1.12 bits per heavy atom. The zero-order valence-corrected chi connectivity index (χ0v) is 14.8. The molecule has 1 N–H and O–H groups in total. The first-order valence-corrected chi connectivity index (χ1v) is 7.96. The van der Waals surface area contributed by atoms with Crippen molar-refractivity contribution in [3.8, 4) is 5.75 Å². The van der Waals surface area contributed by atoms with Gasteiger partial charge in [0.25, 0.3) is 0 Å². The van der Waals surface area contributed by atoms with Gasteiger partial charge in [-0.15, -0.1) is 0 Å². The molecule has 0 spiro atoms. The lowest BCUT2D eigenvalue weighted by atomic mass is 10.1. The van der Waals surface area contributed by atoms with Crippen LogP contribution >= 0.6 is 11.6 Å². The summed E-state index contributed by atoms with van der Waals surface area (Å²) in [5.74, 6) is -0.279. The van der Waals surface area contributed by atoms with Crippen LogP contribution in [0.25, 0.3) is 0 Å². The van der Waals surface area contributed by atoms with E-state index < -0.39 is 17.6 Å². The van der Waals surface area contributed by atoms with E-state index in [1.54, 1.807) is 45.0 Å². The number of hydrogen-bond donors (Lipinski definition) is 1. The zero-order valence-electron chi connectivity index (χ0n) is 14.1. The van der Waals surface area contributed by atoms with E-state index in [1.165, 1.54) is 0 Å². The number of alkyl carbamates (subject to hydrolysis) is 1. The van der Waals surface area contributed by atoms with Crippen LogP contribution < -0.4 is 10.1 Å². The van der Waals surface area contributed by atoms with Gasteiger partial charge >= 0.3 is 6.09 Å². The van der Waals surface area contributed by atoms with Crippen molar-refractivity contribution in [1.82, 2.24) is 5.32 Å². The Balaban J connectivity index is 2.20. The summed E-state index contributed by atoms with van der Waals surface area (Å²) >= 11 is 5.76. The maximum Gasteiger partial charge on any atom is 0.414 e. The first-order chi connectivity index (χ1) is 11.2. The number of halogens is 1. The monoisotopic (exact) mass is 355 g/mol. The fraction of sp³-hybridized carbons (Fsp3) is 0.471. The molecule has 7 heteroatoms. The summed E-state index contributed by atoms with van der Waals surface area (Å²) in [4.78, 5) is 34.6. The third-order valence-corrected chi connectivity index (χ3v) is 2.93. The average molecular weight is 356 g/mol. The highest BCUT2D eigenvalue weighted by atomic mass is 35.5. The molecule has 1 rings (SSSR count). The minimum Gasteiger partial charge on any atom is -0.494 e. The summed E-state index contributed by atoms with van der Waals surface area (Å²) < 4.78 is 10.4. The number of Topliss-reactive ketones (excluding diaryl/α,β-unsaturated/α-hetero) is 1. The molecule has 0 aliphatic heterocycles. The Morgan fingerprint density at radius 2 is 1.75 bits per heavy atom. The van der Waals surface area contributed by atoms with E-state index in [-0.39, 0.29) is 18.6 Å². The second kappa shape index (κ2) is 9.27. The number of rotatable bonds is 7. The van der Waals surface area contributed by atoms with E-state index in [4.69, 9.17) is 21.1 Å². The van der Waals surface area contributed by atoms with Crippen molar-refractivity contribution in [2.24, 2.45) is 0 Å². The van der Waals surface area contributed by atoms with Crippen molar-refractivity contribution >= 4 is 29.4 Å². The number of nitrogens with one attached hydrogen (secondary N) is 1. The van der Waals surface area contributed by atoms with Gasteiger partial charge in [-0.25, -0.2) is 4.79 Å². The van der Waals surface area contributed by atoms with Crippen LogP contribution in [0.1, 0.15) is 40.0 Å². The highest BCUT2D eigenvalue weighted by Crippen LogP contribution is 2.15. The van der Waals surface area contributed by atoms with Crippen molar-refractivity contribution in [2.45, 2.75) is 45.6 Å². The van der Waals surface area contributed by atoms with E-state index >= 15 is 0 Å². The molecule has 0 aromatic heterocycles. The van der Waals surface area contributed by atoms with Gasteiger partial charge in [0.1, 0.15) is 17.1 Å². The summed E-state index contributed by atoms with van der Waals surface area (Å²) in [5.41, 5.74) is -0.701. The molecule has 0 heterocycles. The van der Waals surface area contributed by atoms with Crippen LogP contribution in [0.5, 0.6) is 5.75 Å². The van der Waals surface area contributed by atoms with Gasteiger partial charge in [0.15, 0.2) is 0 Å². The van der Waals surface area contributed by atoms with Crippen LogP contribution in [0.2, 0.25) is 5.02 Å². The predicted molar refractivity (Wildman–Crippen MR) is 90.2 cm³/mol. The average Bonchev–Trinajstić information content (AvgIpc) is 2.43. The molecule has 0 atom stereocenters. The molecule has 0 bridgehead atoms. The van der Waals surface area contributed by atoms with E-state index in [0.717, 1.165) is 0 Å². The lowest BCUT2D eigenvalue weighted by Gasteiger charge is -2.19. The molecule has 0 fully saturated rings. The zero-order chi connectivity index (χ0) is 18.2. The van der Waals surface area contributed by atoms with E-state index in [9.17, 15) is 14.4 Å². The van der Waals surface area contributed by atoms with Crippen LogP contribution in [0, 0.1) is 0 Å². The van der Waals surface area contributed by atoms with Crippen molar-refractivity contribution in [3.05, 3.63) is 29.3 Å². The van der Waals surface area contributed by atoms with Gasteiger partial charge in [0, 0.05) is 11.4 Å². The summed E-state index contributed by atoms with van der Waals surface area (Å²) in [6, 6.07) is 6.89. The maximum atomic E-state index is 11.7. The van der Waals surface area contributed by atoms with Crippen molar-refractivity contribution in [2.75, 3.05) is 6.61 Å². The Bertz CT molecular complexity index is 578. The van der Waals surface area contributed by atoms with Crippen LogP contribution in [-0.2, 0) is 14.3 Å². The van der Waals surface area contributed by atoms with Gasteiger partial charge in [-0.2, -0.15) is 0 Å². The number of hydrogen-bond acceptors (Lipinski definition) is 5. The van der Waals surface area contributed by atoms with Gasteiger partial charge in [0.05, 0.1) is 13.0 Å². The van der Waals surface area contributed by atoms with Crippen LogP contribution in [0.3, 0.4) is 0 Å². The number of carbonyl (C=O) groups excluding carboxylic acids is 3. The van der Waals surface area contributed by atoms with Crippen LogP contribution in [0.15, 0.2) is 24.3 Å². The SMILES string of the molecule is CC(C)(C)OC(=O)NC(=O)CC(=O)CCCOc1ccc(Cl)cc1. The maximum absolute atomic E-state index is 11.7. The molecule has 0 aliphatic carbocycles. The van der Waals surface area contributed by atoms with Gasteiger partial charge in [0.2, 0.25) is 5.91 Å². The number of benzene rings is 1. The third kappa shape index (κ3) is 9.15. The minimum atomic E-state index is -0.855. The molecule has 6 nitrogen and oxygen atoms in total. The summed E-state index contributed by atoms with van der Waals surface area (Å²) in [5, 5.41) is 2.64. The van der Waals surface area contributed by atoms with Crippen molar-refractivity contribution in [3.63, 3.8) is 0 Å². The molecule has 132 valence electrons. The predicted octanol–water partition coefficient (Wildman–Crippen LogP) is 3.51. The molecule has 24 heavy (non-hydrogen) atoms. The van der Waals surface area contributed by atoms with Gasteiger partial charge < -0.3 is 9.47 Å². The Labute approximate surface area is 146 Å². The molecular formula is C17H22ClNO5. The standard InChI is InChI=1S/C17H22ClNO5/c1-17(2,3)24-16(22)19-15(21)11-13(20)5-4-10-23-14-8-6-12(18)7-9-14/h6-9H,4-5,10-11H2,1-3H3,(H,19,21,22). The molecule has 0 saturated heterocycles. The largest absolute Gasteiger partial charge is 0.494 e. The van der Waals surface area contributed by atoms with E-state index in [1.807, 2.05) is 5.32 Å². The highest BCUT2D eigenvalue weighted by molar-refractivity contribution is 6.30. The quantitative estimate of drug-likeness (QED) is 0.598. The van der Waals surface area contributed by atoms with Crippen molar-refractivity contribution in [1.29, 1.82) is 0 Å². The summed E-state index contributed by atoms with van der Waals surface area (Å²) in [7, 11) is 0. The normalized spacial score (nSPS) is 10.8. The molecule has 0 radical (unpaired) electrons. The molecule has 0 aliphatic rings. The molecule has 1 aromatic rings. The summed E-state index contributed by atoms with van der Waals surface area (Å²) in [6.07, 6.45) is -0.553. The molecule has 1 aromatic carbocycles. The van der Waals surface area contributed by atoms with Crippen molar-refractivity contribution < 1.29 is 23.9 Å². The number of imide groups is 1. The number of ketones is 1. The first kappa shape index (κ1) is 20.0. The first-order valence-electron chi connectivity index (χ1n) is 7.58. The molecule has 0 saturated carbocycles. The lowest BCUT2D eigenvalue weighted by molar-refractivity contribution is -0.127. The number of carbonyl (C=O) groups is 3. The molecular weight excluding hydrogens is 334 g/mol. The van der Waals surface area contributed by atoms with Crippen LogP contribution in [-0.4, -0.2) is 30.0 Å². The Kier molecular flexibility index (Phi) is 7.71. The third-order valence-electron chi connectivity index (χ3n) is 2.68. The lowest BCUT2D eigenvalue weighted by Crippen LogP contribution is -2.37. The second-order valence-corrected chi connectivity index (χ2v) is 6.61. The fourth-order valence-corrected chi connectivity index (χ4v) is 1.85. The number of amides is 2. The van der Waals surface area contributed by atoms with Gasteiger partial charge in [-0.1, -0.05) is 11.6 Å². The smallest absolute Gasteiger partial charge is 0.414 e. The molecule has 2 amide bonds. The second-order valence-electron chi connectivity index (χ2n) is 6.17. The minimum absolute atomic E-state index is 0.190. The number of ether oxygens (including phenoxy) is 2. The Morgan fingerprint density at radius 3 is 2.33 bits per heavy atom. The fourth-order valence-electron chi connectivity index (χ4n) is 1.72. The summed E-state index contributed by atoms with van der Waals surface area (Å²) in [6.45, 7) is 5.40. The van der Waals surface area contributed by atoms with E-state index in [2.05, 4.69) is 0 Å².